The van der Waals surface area contributed by atoms with E-state index in [1.54, 1.807) is 24.7 Å². The van der Waals surface area contributed by atoms with Gasteiger partial charge in [0.05, 0.1) is 17.0 Å². The number of aromatic nitrogens is 3. The molecule has 0 fully saturated rings. The summed E-state index contributed by atoms with van der Waals surface area (Å²) >= 11 is 0. The molecule has 7 heteroatoms. The smallest absolute Gasteiger partial charge is 0.322 e. The second-order valence-corrected chi connectivity index (χ2v) is 4.28. The molecular formula is C12H14N4O3. The zero-order chi connectivity index (χ0) is 14.2. The van der Waals surface area contributed by atoms with Crippen molar-refractivity contribution in [3.8, 4) is 0 Å². The van der Waals surface area contributed by atoms with Crippen LogP contribution in [-0.4, -0.2) is 38.3 Å². The van der Waals surface area contributed by atoms with Crippen molar-refractivity contribution in [2.75, 3.05) is 6.54 Å². The molecule has 2 aromatic rings. The van der Waals surface area contributed by atoms with Crippen LogP contribution in [0.15, 0.2) is 6.07 Å². The number of aliphatic carboxylic acids is 1. The molecule has 0 aromatic carbocycles. The average molecular weight is 262 g/mol. The maximum atomic E-state index is 11.9. The topological polar surface area (TPSA) is 97.1 Å². The van der Waals surface area contributed by atoms with E-state index < -0.39 is 18.4 Å². The molecule has 19 heavy (non-hydrogen) atoms. The molecule has 0 saturated heterocycles. The van der Waals surface area contributed by atoms with E-state index in [-0.39, 0.29) is 0 Å². The zero-order valence-electron chi connectivity index (χ0n) is 10.9. The summed E-state index contributed by atoms with van der Waals surface area (Å²) in [6.07, 6.45) is 0. The summed E-state index contributed by atoms with van der Waals surface area (Å²) in [6, 6.07) is 1.69. The van der Waals surface area contributed by atoms with Crippen molar-refractivity contribution in [3.05, 3.63) is 23.0 Å². The van der Waals surface area contributed by atoms with Crippen LogP contribution in [-0.2, 0) is 11.8 Å². The minimum atomic E-state index is -1.09. The molecular weight excluding hydrogens is 248 g/mol. The van der Waals surface area contributed by atoms with Crippen LogP contribution in [0.2, 0.25) is 0 Å². The number of carbonyl (C=O) groups excluding carboxylic acids is 1. The van der Waals surface area contributed by atoms with E-state index in [1.807, 2.05) is 6.92 Å². The van der Waals surface area contributed by atoms with Gasteiger partial charge >= 0.3 is 5.97 Å². The summed E-state index contributed by atoms with van der Waals surface area (Å²) in [4.78, 5) is 26.7. The Morgan fingerprint density at radius 1 is 1.37 bits per heavy atom. The van der Waals surface area contributed by atoms with Crippen LogP contribution in [0.4, 0.5) is 0 Å². The van der Waals surface area contributed by atoms with Crippen molar-refractivity contribution in [2.24, 2.45) is 7.05 Å². The van der Waals surface area contributed by atoms with Gasteiger partial charge in [-0.05, 0) is 19.9 Å². The van der Waals surface area contributed by atoms with Crippen LogP contribution in [0.1, 0.15) is 21.7 Å². The zero-order valence-corrected chi connectivity index (χ0v) is 10.9. The average Bonchev–Trinajstić information content (AvgIpc) is 2.60. The number of amides is 1. The van der Waals surface area contributed by atoms with E-state index in [2.05, 4.69) is 15.4 Å². The third-order valence-electron chi connectivity index (χ3n) is 2.83. The second kappa shape index (κ2) is 4.68. The van der Waals surface area contributed by atoms with Crippen LogP contribution in [0.5, 0.6) is 0 Å². The van der Waals surface area contributed by atoms with E-state index in [9.17, 15) is 9.59 Å². The van der Waals surface area contributed by atoms with Gasteiger partial charge in [0, 0.05) is 12.4 Å². The fraction of sp³-hybridized carbons (Fsp3) is 0.333. The Balaban J connectivity index is 2.43. The van der Waals surface area contributed by atoms with E-state index in [0.29, 0.717) is 16.9 Å². The van der Waals surface area contributed by atoms with Crippen LogP contribution in [0, 0.1) is 13.8 Å². The van der Waals surface area contributed by atoms with E-state index in [4.69, 9.17) is 5.11 Å². The normalized spacial score (nSPS) is 10.7. The van der Waals surface area contributed by atoms with Crippen molar-refractivity contribution in [2.45, 2.75) is 13.8 Å². The first-order valence-electron chi connectivity index (χ1n) is 5.71. The predicted molar refractivity (Wildman–Crippen MR) is 68.0 cm³/mol. The number of hydrogen-bond acceptors (Lipinski definition) is 4. The molecule has 1 amide bonds. The van der Waals surface area contributed by atoms with Gasteiger partial charge in [-0.25, -0.2) is 4.98 Å². The summed E-state index contributed by atoms with van der Waals surface area (Å²) in [7, 11) is 1.78. The fourth-order valence-electron chi connectivity index (χ4n) is 1.91. The number of carbonyl (C=O) groups is 2. The van der Waals surface area contributed by atoms with Crippen LogP contribution in [0.3, 0.4) is 0 Å². The molecule has 0 atom stereocenters. The summed E-state index contributed by atoms with van der Waals surface area (Å²) in [5.41, 5.74) is 2.38. The summed E-state index contributed by atoms with van der Waals surface area (Å²) in [5, 5.41) is 15.9. The highest BCUT2D eigenvalue weighted by Crippen LogP contribution is 2.19. The lowest BCUT2D eigenvalue weighted by Gasteiger charge is -2.06. The first kappa shape index (κ1) is 13.0. The molecule has 0 aliphatic rings. The minimum absolute atomic E-state index is 0.366. The Kier molecular flexibility index (Phi) is 3.20. The largest absolute Gasteiger partial charge is 0.480 e. The van der Waals surface area contributed by atoms with Crippen molar-refractivity contribution < 1.29 is 14.7 Å². The van der Waals surface area contributed by atoms with Gasteiger partial charge in [-0.15, -0.1) is 0 Å². The van der Waals surface area contributed by atoms with Gasteiger partial charge in [0.2, 0.25) is 0 Å². The molecule has 2 heterocycles. The lowest BCUT2D eigenvalue weighted by Crippen LogP contribution is -2.29. The number of nitrogens with one attached hydrogen (secondary N) is 1. The van der Waals surface area contributed by atoms with Crippen molar-refractivity contribution in [3.63, 3.8) is 0 Å². The van der Waals surface area contributed by atoms with Crippen LogP contribution in [0.25, 0.3) is 11.0 Å². The fourth-order valence-corrected chi connectivity index (χ4v) is 1.91. The lowest BCUT2D eigenvalue weighted by molar-refractivity contribution is -0.135. The van der Waals surface area contributed by atoms with Gasteiger partial charge < -0.3 is 10.4 Å². The number of fused-ring (bicyclic) bond motifs is 1. The lowest BCUT2D eigenvalue weighted by atomic mass is 10.1. The van der Waals surface area contributed by atoms with Crippen LogP contribution >= 0.6 is 0 Å². The molecule has 100 valence electrons. The second-order valence-electron chi connectivity index (χ2n) is 4.28. The molecule has 0 spiro atoms. The van der Waals surface area contributed by atoms with E-state index >= 15 is 0 Å². The molecule has 0 unspecified atom stereocenters. The molecule has 0 bridgehead atoms. The Morgan fingerprint density at radius 3 is 2.68 bits per heavy atom. The standard InChI is InChI=1S/C12H14N4O3/c1-6-9(12(19)13-5-10(17)18)4-8-7(2)15-16(3)11(8)14-6/h4H,5H2,1-3H3,(H,13,19)(H,17,18). The maximum Gasteiger partial charge on any atom is 0.322 e. The van der Waals surface area contributed by atoms with Gasteiger partial charge in [-0.1, -0.05) is 0 Å². The Morgan fingerprint density at radius 2 is 2.05 bits per heavy atom. The van der Waals surface area contributed by atoms with Gasteiger partial charge in [-0.3, -0.25) is 14.3 Å². The molecule has 0 aliphatic heterocycles. The van der Waals surface area contributed by atoms with Crippen molar-refractivity contribution in [1.82, 2.24) is 20.1 Å². The predicted octanol–water partition coefficient (Wildman–Crippen LogP) is 0.400. The molecule has 2 aromatic heterocycles. The SMILES string of the molecule is Cc1nc2c(cc1C(=O)NCC(=O)O)c(C)nn2C. The monoisotopic (exact) mass is 262 g/mol. The number of nitrogens with zero attached hydrogens (tertiary/aromatic N) is 3. The Bertz CT molecular complexity index is 675. The van der Waals surface area contributed by atoms with Crippen LogP contribution < -0.4 is 5.32 Å². The van der Waals surface area contributed by atoms with Gasteiger partial charge in [0.15, 0.2) is 5.65 Å². The van der Waals surface area contributed by atoms with Crippen molar-refractivity contribution in [1.29, 1.82) is 0 Å². The summed E-state index contributed by atoms with van der Waals surface area (Å²) < 4.78 is 1.65. The number of carboxylic acids is 1. The van der Waals surface area contributed by atoms with Gasteiger partial charge in [0.1, 0.15) is 6.54 Å². The summed E-state index contributed by atoms with van der Waals surface area (Å²) in [5.74, 6) is -1.53. The number of hydrogen-bond donors (Lipinski definition) is 2. The first-order chi connectivity index (χ1) is 8.90. The highest BCUT2D eigenvalue weighted by Gasteiger charge is 2.15. The van der Waals surface area contributed by atoms with Gasteiger partial charge in [0.25, 0.3) is 5.91 Å². The number of pyridine rings is 1. The Labute approximate surface area is 109 Å². The molecule has 7 nitrogen and oxygen atoms in total. The molecule has 0 radical (unpaired) electrons. The minimum Gasteiger partial charge on any atom is -0.480 e. The van der Waals surface area contributed by atoms with E-state index in [1.165, 1.54) is 0 Å². The summed E-state index contributed by atoms with van der Waals surface area (Å²) in [6.45, 7) is 3.12. The number of aryl methyl sites for hydroxylation is 3. The molecule has 2 N–H and O–H groups in total. The third-order valence-corrected chi connectivity index (χ3v) is 2.83. The maximum absolute atomic E-state index is 11.9. The molecule has 0 saturated carbocycles. The first-order valence-corrected chi connectivity index (χ1v) is 5.71. The molecule has 2 rings (SSSR count). The van der Waals surface area contributed by atoms with Crippen molar-refractivity contribution >= 4 is 22.9 Å². The Hall–Kier alpha value is -2.44. The number of rotatable bonds is 3. The van der Waals surface area contributed by atoms with E-state index in [0.717, 1.165) is 11.1 Å². The third kappa shape index (κ3) is 2.40. The van der Waals surface area contributed by atoms with Gasteiger partial charge in [-0.2, -0.15) is 5.10 Å². The highest BCUT2D eigenvalue weighted by atomic mass is 16.4. The molecule has 0 aliphatic carbocycles. The number of carboxylic acid groups (broad SMARTS) is 1. The highest BCUT2D eigenvalue weighted by molar-refractivity contribution is 5.99. The quantitative estimate of drug-likeness (QED) is 0.834.